The lowest BCUT2D eigenvalue weighted by atomic mass is 9.87. The lowest BCUT2D eigenvalue weighted by Gasteiger charge is -2.20. The number of nitrogens with zero attached hydrogens (tertiary/aromatic N) is 4. The standard InChI is InChI=1S/C28H29N5O7S/c1-28(2,3)19-10-12-20(13-11-19)41(35,36)33-24-23(40-22-9-6-5-8-21(22)37-4)27(39-17-16-38-18-34)32-26(31-24)25-29-14-7-15-30-25/h5-15,18H,16-17H2,1-4H3,(H,31,32,33)/i16D2. The van der Waals surface area contributed by atoms with Crippen molar-refractivity contribution in [1.29, 1.82) is 0 Å². The van der Waals surface area contributed by atoms with Crippen LogP contribution in [0.3, 0.4) is 0 Å². The Kier molecular flexibility index (Phi) is 8.12. The summed E-state index contributed by atoms with van der Waals surface area (Å²) in [7, 11) is -2.85. The van der Waals surface area contributed by atoms with Crippen molar-refractivity contribution in [3.8, 4) is 34.8 Å². The van der Waals surface area contributed by atoms with E-state index in [1.807, 2.05) is 20.8 Å². The van der Waals surface area contributed by atoms with Crippen LogP contribution in [0.4, 0.5) is 5.82 Å². The summed E-state index contributed by atoms with van der Waals surface area (Å²) in [6, 6.07) is 14.4. The molecular weight excluding hydrogens is 550 g/mol. The quantitative estimate of drug-likeness (QED) is 0.237. The van der Waals surface area contributed by atoms with E-state index >= 15 is 0 Å². The van der Waals surface area contributed by atoms with Crippen LogP contribution < -0.4 is 18.9 Å². The van der Waals surface area contributed by atoms with Crippen molar-refractivity contribution in [3.63, 3.8) is 0 Å². The summed E-state index contributed by atoms with van der Waals surface area (Å²) in [6.07, 6.45) is 2.87. The van der Waals surface area contributed by atoms with E-state index in [1.54, 1.807) is 42.5 Å². The molecular formula is C28H29N5O7S. The first kappa shape index (κ1) is 26.4. The fraction of sp³-hybridized carbons (Fsp3) is 0.250. The van der Waals surface area contributed by atoms with Gasteiger partial charge in [0.05, 0.1) is 14.7 Å². The van der Waals surface area contributed by atoms with Crippen molar-refractivity contribution in [2.24, 2.45) is 0 Å². The monoisotopic (exact) mass is 581 g/mol. The zero-order valence-corrected chi connectivity index (χ0v) is 23.5. The Morgan fingerprint density at radius 2 is 1.63 bits per heavy atom. The van der Waals surface area contributed by atoms with Crippen molar-refractivity contribution in [1.82, 2.24) is 19.9 Å². The number of para-hydroxylation sites is 2. The number of benzene rings is 2. The molecule has 2 aromatic heterocycles. The van der Waals surface area contributed by atoms with Crippen molar-refractivity contribution in [2.75, 3.05) is 25.0 Å². The molecule has 0 saturated heterocycles. The topological polar surface area (TPSA) is 152 Å². The molecule has 12 nitrogen and oxygen atoms in total. The Labute approximate surface area is 240 Å². The predicted molar refractivity (Wildman–Crippen MR) is 150 cm³/mol. The largest absolute Gasteiger partial charge is 0.493 e. The van der Waals surface area contributed by atoms with Gasteiger partial charge >= 0.3 is 0 Å². The van der Waals surface area contributed by atoms with Crippen molar-refractivity contribution < 1.29 is 34.9 Å². The van der Waals surface area contributed by atoms with Gasteiger partial charge in [0.2, 0.25) is 11.6 Å². The van der Waals surface area contributed by atoms with Gasteiger partial charge < -0.3 is 18.9 Å². The van der Waals surface area contributed by atoms with Crippen molar-refractivity contribution in [3.05, 3.63) is 72.6 Å². The zero-order chi connectivity index (χ0) is 31.3. The normalized spacial score (nSPS) is 12.5. The Hall–Kier alpha value is -4.78. The number of nitrogens with one attached hydrogen (secondary N) is 1. The third-order valence-corrected chi connectivity index (χ3v) is 6.90. The molecule has 0 aliphatic carbocycles. The van der Waals surface area contributed by atoms with E-state index in [0.29, 0.717) is 0 Å². The van der Waals surface area contributed by atoms with Gasteiger partial charge in [0.1, 0.15) is 13.2 Å². The highest BCUT2D eigenvalue weighted by atomic mass is 32.2. The number of sulfonamides is 1. The average Bonchev–Trinajstić information content (AvgIpc) is 2.97. The lowest BCUT2D eigenvalue weighted by molar-refractivity contribution is -0.129. The Bertz CT molecular complexity index is 1680. The van der Waals surface area contributed by atoms with Gasteiger partial charge in [-0.25, -0.2) is 23.4 Å². The maximum absolute atomic E-state index is 13.6. The number of rotatable bonds is 12. The second kappa shape index (κ2) is 12.6. The molecule has 0 radical (unpaired) electrons. The SMILES string of the molecule is [2H]C([2H])(COc1nc(-c2ncccn2)nc(NS(=O)(=O)c2ccc(C(C)(C)C)cc2)c1Oc1ccccc1OC)OC=O. The maximum Gasteiger partial charge on any atom is 0.293 e. The fourth-order valence-electron chi connectivity index (χ4n) is 3.50. The Balaban J connectivity index is 1.88. The molecule has 0 saturated carbocycles. The smallest absolute Gasteiger partial charge is 0.293 e. The van der Waals surface area contributed by atoms with Gasteiger partial charge in [0.25, 0.3) is 22.4 Å². The molecule has 0 amide bonds. The van der Waals surface area contributed by atoms with Crippen molar-refractivity contribution in [2.45, 2.75) is 31.1 Å². The van der Waals surface area contributed by atoms with Crippen LogP contribution in [0.25, 0.3) is 11.6 Å². The molecule has 0 aliphatic heterocycles. The Morgan fingerprint density at radius 1 is 0.951 bits per heavy atom. The minimum absolute atomic E-state index is 0.0123. The third kappa shape index (κ3) is 7.25. The second-order valence-electron chi connectivity index (χ2n) is 9.38. The van der Waals surface area contributed by atoms with Crippen molar-refractivity contribution >= 4 is 22.3 Å². The minimum atomic E-state index is -4.27. The van der Waals surface area contributed by atoms with Crippen LogP contribution in [0, 0.1) is 0 Å². The van der Waals surface area contributed by atoms with Gasteiger partial charge in [-0.2, -0.15) is 4.98 Å². The zero-order valence-electron chi connectivity index (χ0n) is 24.7. The van der Waals surface area contributed by atoms with Crippen LogP contribution in [0.15, 0.2) is 71.9 Å². The predicted octanol–water partition coefficient (Wildman–Crippen LogP) is 4.38. The van der Waals surface area contributed by atoms with E-state index in [1.165, 1.54) is 31.6 Å². The number of carbonyl (C=O) groups is 1. The third-order valence-electron chi connectivity index (χ3n) is 5.54. The molecule has 41 heavy (non-hydrogen) atoms. The summed E-state index contributed by atoms with van der Waals surface area (Å²) < 4.78 is 66.9. The first-order valence-electron chi connectivity index (χ1n) is 13.2. The van der Waals surface area contributed by atoms with Crippen LogP contribution >= 0.6 is 0 Å². The van der Waals surface area contributed by atoms with E-state index in [0.717, 1.165) is 5.56 Å². The maximum atomic E-state index is 13.6. The number of ether oxygens (including phenoxy) is 4. The van der Waals surface area contributed by atoms with Crippen LogP contribution in [-0.4, -0.2) is 55.1 Å². The Morgan fingerprint density at radius 3 is 2.27 bits per heavy atom. The van der Waals surface area contributed by atoms with E-state index in [9.17, 15) is 13.2 Å². The molecule has 0 aliphatic rings. The highest BCUT2D eigenvalue weighted by Crippen LogP contribution is 2.41. The molecule has 214 valence electrons. The van der Waals surface area contributed by atoms with Crippen LogP contribution in [-0.2, 0) is 25.0 Å². The van der Waals surface area contributed by atoms with Crippen LogP contribution in [0.2, 0.25) is 0 Å². The first-order chi connectivity index (χ1) is 20.3. The fourth-order valence-corrected chi connectivity index (χ4v) is 4.51. The average molecular weight is 582 g/mol. The van der Waals surface area contributed by atoms with Gasteiger partial charge in [-0.3, -0.25) is 9.52 Å². The van der Waals surface area contributed by atoms with Gasteiger partial charge in [-0.1, -0.05) is 45.0 Å². The molecule has 4 aromatic rings. The van der Waals surface area contributed by atoms with Gasteiger partial charge in [-0.05, 0) is 41.3 Å². The van der Waals surface area contributed by atoms with Gasteiger partial charge in [0, 0.05) is 12.4 Å². The molecule has 2 aromatic carbocycles. The lowest BCUT2D eigenvalue weighted by Crippen LogP contribution is -2.17. The molecule has 13 heteroatoms. The molecule has 0 spiro atoms. The molecule has 4 rings (SSSR count). The summed E-state index contributed by atoms with van der Waals surface area (Å²) in [4.78, 5) is 27.6. The van der Waals surface area contributed by atoms with E-state index < -0.39 is 29.1 Å². The number of aromatic nitrogens is 4. The molecule has 0 atom stereocenters. The van der Waals surface area contributed by atoms with E-state index in [2.05, 4.69) is 29.4 Å². The summed E-state index contributed by atoms with van der Waals surface area (Å²) >= 11 is 0. The molecule has 2 heterocycles. The summed E-state index contributed by atoms with van der Waals surface area (Å²) in [5, 5.41) is 0. The van der Waals surface area contributed by atoms with Gasteiger partial charge in [0.15, 0.2) is 23.1 Å². The van der Waals surface area contributed by atoms with Crippen LogP contribution in [0.1, 0.15) is 29.1 Å². The number of methoxy groups -OCH3 is 1. The molecule has 0 unspecified atom stereocenters. The van der Waals surface area contributed by atoms with E-state index in [4.69, 9.17) is 17.0 Å². The second-order valence-corrected chi connectivity index (χ2v) is 11.1. The van der Waals surface area contributed by atoms with Gasteiger partial charge in [-0.15, -0.1) is 0 Å². The number of carbonyl (C=O) groups excluding carboxylic acids is 1. The summed E-state index contributed by atoms with van der Waals surface area (Å²) in [6.45, 7) is 2.56. The highest BCUT2D eigenvalue weighted by Gasteiger charge is 2.26. The summed E-state index contributed by atoms with van der Waals surface area (Å²) in [5.41, 5.74) is 0.729. The number of anilines is 1. The molecule has 1 N–H and O–H groups in total. The van der Waals surface area contributed by atoms with E-state index in [-0.39, 0.29) is 51.5 Å². The number of hydrogen-bond donors (Lipinski definition) is 1. The molecule has 0 bridgehead atoms. The molecule has 0 fully saturated rings. The van der Waals surface area contributed by atoms with Crippen LogP contribution in [0.5, 0.6) is 23.1 Å². The first-order valence-corrected chi connectivity index (χ1v) is 13.7. The summed E-state index contributed by atoms with van der Waals surface area (Å²) in [5.74, 6) is -0.822. The minimum Gasteiger partial charge on any atom is -0.493 e. The highest BCUT2D eigenvalue weighted by molar-refractivity contribution is 7.92. The number of hydrogen-bond acceptors (Lipinski definition) is 11.